The van der Waals surface area contributed by atoms with Crippen LogP contribution < -0.4 is 10.1 Å². The van der Waals surface area contributed by atoms with Crippen molar-refractivity contribution in [3.63, 3.8) is 0 Å². The fourth-order valence-electron chi connectivity index (χ4n) is 3.86. The Balaban J connectivity index is 1.28. The average Bonchev–Trinajstić information content (AvgIpc) is 3.14. The van der Waals surface area contributed by atoms with Crippen LogP contribution in [0.4, 0.5) is 5.69 Å². The molecule has 2 heterocycles. The van der Waals surface area contributed by atoms with Crippen molar-refractivity contribution in [1.82, 2.24) is 20.2 Å². The van der Waals surface area contributed by atoms with Crippen LogP contribution in [0.25, 0.3) is 0 Å². The predicted molar refractivity (Wildman–Crippen MR) is 97.1 cm³/mol. The molecular weight excluding hydrogens is 330 g/mol. The molecule has 1 aliphatic heterocycles. The average molecular weight is 355 g/mol. The summed E-state index contributed by atoms with van der Waals surface area (Å²) in [4.78, 5) is 11.4. The molecule has 2 aliphatic rings. The first-order valence-corrected chi connectivity index (χ1v) is 9.62. The third-order valence-electron chi connectivity index (χ3n) is 5.27. The molecule has 0 saturated heterocycles. The van der Waals surface area contributed by atoms with Gasteiger partial charge in [-0.1, -0.05) is 19.3 Å². The molecule has 1 saturated carbocycles. The highest BCUT2D eigenvalue weighted by molar-refractivity contribution is 5.93. The number of nitrogens with zero attached hydrogens (tertiary/aromatic N) is 4. The highest BCUT2D eigenvalue weighted by Gasteiger charge is 2.20. The summed E-state index contributed by atoms with van der Waals surface area (Å²) in [6.07, 6.45) is 9.24. The van der Waals surface area contributed by atoms with E-state index in [1.54, 1.807) is 0 Å². The van der Waals surface area contributed by atoms with E-state index in [-0.39, 0.29) is 5.91 Å². The number of anilines is 1. The fraction of sp³-hybridized carbons (Fsp3) is 0.579. The van der Waals surface area contributed by atoms with Gasteiger partial charge in [0, 0.05) is 18.5 Å². The summed E-state index contributed by atoms with van der Waals surface area (Å²) in [5, 5.41) is 15.2. The van der Waals surface area contributed by atoms with Crippen molar-refractivity contribution in [3.05, 3.63) is 29.6 Å². The Bertz CT molecular complexity index is 767. The van der Waals surface area contributed by atoms with Crippen LogP contribution in [0.2, 0.25) is 0 Å². The molecule has 0 spiro atoms. The zero-order valence-electron chi connectivity index (χ0n) is 15.0. The number of hydrogen-bond donors (Lipinski definition) is 1. The summed E-state index contributed by atoms with van der Waals surface area (Å²) in [6, 6.07) is 6.33. The van der Waals surface area contributed by atoms with Gasteiger partial charge < -0.3 is 10.1 Å². The summed E-state index contributed by atoms with van der Waals surface area (Å²) in [5.74, 6) is 1.90. The topological polar surface area (TPSA) is 81.9 Å². The van der Waals surface area contributed by atoms with Gasteiger partial charge in [0.05, 0.1) is 12.6 Å². The van der Waals surface area contributed by atoms with Crippen LogP contribution in [-0.2, 0) is 17.6 Å². The van der Waals surface area contributed by atoms with E-state index in [1.165, 1.54) is 32.1 Å². The van der Waals surface area contributed by atoms with Crippen LogP contribution in [-0.4, -0.2) is 32.7 Å². The molecule has 7 nitrogen and oxygen atoms in total. The molecule has 1 amide bonds. The Hall–Kier alpha value is -2.44. The van der Waals surface area contributed by atoms with Gasteiger partial charge in [-0.25, -0.2) is 4.68 Å². The molecule has 7 heteroatoms. The van der Waals surface area contributed by atoms with Crippen molar-refractivity contribution >= 4 is 11.6 Å². The molecule has 4 rings (SSSR count). The van der Waals surface area contributed by atoms with Crippen LogP contribution in [0.15, 0.2) is 18.2 Å². The summed E-state index contributed by atoms with van der Waals surface area (Å²) in [5.41, 5.74) is 2.04. The molecule has 0 radical (unpaired) electrons. The molecule has 1 aliphatic carbocycles. The van der Waals surface area contributed by atoms with Gasteiger partial charge in [0.1, 0.15) is 5.75 Å². The lowest BCUT2D eigenvalue weighted by atomic mass is 9.95. The number of aryl methyl sites for hydroxylation is 2. The zero-order chi connectivity index (χ0) is 17.8. The van der Waals surface area contributed by atoms with Crippen molar-refractivity contribution in [3.8, 4) is 5.75 Å². The second kappa shape index (κ2) is 7.85. The van der Waals surface area contributed by atoms with Crippen LogP contribution in [0, 0.1) is 0 Å². The summed E-state index contributed by atoms with van der Waals surface area (Å²) in [7, 11) is 0. The maximum absolute atomic E-state index is 11.4. The van der Waals surface area contributed by atoms with Crippen molar-refractivity contribution in [1.29, 1.82) is 0 Å². The number of rotatable bonds is 6. The van der Waals surface area contributed by atoms with Gasteiger partial charge in [-0.05, 0) is 59.9 Å². The number of benzene rings is 1. The van der Waals surface area contributed by atoms with Crippen LogP contribution in [0.3, 0.4) is 0 Å². The van der Waals surface area contributed by atoms with Crippen LogP contribution >= 0.6 is 0 Å². The lowest BCUT2D eigenvalue weighted by Crippen LogP contribution is -2.19. The van der Waals surface area contributed by atoms with Crippen molar-refractivity contribution in [2.75, 3.05) is 11.9 Å². The number of nitrogens with one attached hydrogen (secondary N) is 1. The number of amides is 1. The number of ether oxygens (including phenoxy) is 1. The van der Waals surface area contributed by atoms with E-state index in [0.717, 1.165) is 42.1 Å². The molecule has 1 aromatic carbocycles. The highest BCUT2D eigenvalue weighted by Crippen LogP contribution is 2.28. The number of tetrazole rings is 1. The minimum Gasteiger partial charge on any atom is -0.494 e. The maximum atomic E-state index is 11.4. The Labute approximate surface area is 153 Å². The Morgan fingerprint density at radius 3 is 2.96 bits per heavy atom. The van der Waals surface area contributed by atoms with E-state index in [9.17, 15) is 4.79 Å². The van der Waals surface area contributed by atoms with Crippen molar-refractivity contribution in [2.45, 2.75) is 63.8 Å². The van der Waals surface area contributed by atoms with Gasteiger partial charge in [-0.2, -0.15) is 0 Å². The van der Waals surface area contributed by atoms with Gasteiger partial charge in [-0.3, -0.25) is 4.79 Å². The number of carbonyl (C=O) groups is 1. The van der Waals surface area contributed by atoms with Gasteiger partial charge in [0.2, 0.25) is 5.91 Å². The van der Waals surface area contributed by atoms with Crippen LogP contribution in [0.5, 0.6) is 5.75 Å². The first-order valence-electron chi connectivity index (χ1n) is 9.62. The van der Waals surface area contributed by atoms with Crippen LogP contribution in [0.1, 0.15) is 62.4 Å². The minimum absolute atomic E-state index is 0.0851. The Morgan fingerprint density at radius 1 is 1.19 bits per heavy atom. The van der Waals surface area contributed by atoms with E-state index in [1.807, 2.05) is 22.9 Å². The molecule has 0 bridgehead atoms. The molecule has 1 N–H and O–H groups in total. The third kappa shape index (κ3) is 3.86. The second-order valence-corrected chi connectivity index (χ2v) is 7.15. The molecule has 1 aromatic heterocycles. The Kier molecular flexibility index (Phi) is 5.13. The largest absolute Gasteiger partial charge is 0.494 e. The first kappa shape index (κ1) is 17.0. The maximum Gasteiger partial charge on any atom is 0.224 e. The monoisotopic (exact) mass is 355 g/mol. The summed E-state index contributed by atoms with van der Waals surface area (Å²) >= 11 is 0. The number of fused-ring (bicyclic) bond motifs is 1. The zero-order valence-corrected chi connectivity index (χ0v) is 15.0. The lowest BCUT2D eigenvalue weighted by Gasteiger charge is -2.22. The quantitative estimate of drug-likeness (QED) is 0.805. The van der Waals surface area contributed by atoms with E-state index >= 15 is 0 Å². The SMILES string of the molecule is O=C1CCc2cc(OCCCc3nnnn3C3CCCCC3)ccc2N1. The first-order chi connectivity index (χ1) is 12.8. The highest BCUT2D eigenvalue weighted by atomic mass is 16.5. The number of hydrogen-bond acceptors (Lipinski definition) is 5. The predicted octanol–water partition coefficient (Wildman–Crippen LogP) is 3.07. The lowest BCUT2D eigenvalue weighted by molar-refractivity contribution is -0.116. The normalized spacial score (nSPS) is 17.6. The molecule has 1 fully saturated rings. The van der Waals surface area contributed by atoms with E-state index in [4.69, 9.17) is 4.74 Å². The molecule has 2 aromatic rings. The second-order valence-electron chi connectivity index (χ2n) is 7.15. The van der Waals surface area contributed by atoms with Gasteiger partial charge >= 0.3 is 0 Å². The number of aromatic nitrogens is 4. The molecule has 0 atom stereocenters. The third-order valence-corrected chi connectivity index (χ3v) is 5.27. The van der Waals surface area contributed by atoms with E-state index in [2.05, 4.69) is 20.8 Å². The summed E-state index contributed by atoms with van der Waals surface area (Å²) in [6.45, 7) is 0.628. The molecule has 138 valence electrons. The summed E-state index contributed by atoms with van der Waals surface area (Å²) < 4.78 is 7.92. The molecule has 26 heavy (non-hydrogen) atoms. The van der Waals surface area contributed by atoms with Gasteiger partial charge in [0.25, 0.3) is 0 Å². The van der Waals surface area contributed by atoms with Gasteiger partial charge in [0.15, 0.2) is 5.82 Å². The standard InChI is InChI=1S/C19H25N5O2/c25-19-11-8-14-13-16(9-10-17(14)20-19)26-12-4-7-18-21-22-23-24(18)15-5-2-1-3-6-15/h9-10,13,15H,1-8,11-12H2,(H,20,25). The van der Waals surface area contributed by atoms with Crippen molar-refractivity contribution < 1.29 is 9.53 Å². The Morgan fingerprint density at radius 2 is 2.08 bits per heavy atom. The van der Waals surface area contributed by atoms with Crippen molar-refractivity contribution in [2.24, 2.45) is 0 Å². The minimum atomic E-state index is 0.0851. The van der Waals surface area contributed by atoms with E-state index < -0.39 is 0 Å². The molecular formula is C19H25N5O2. The van der Waals surface area contributed by atoms with E-state index in [0.29, 0.717) is 19.1 Å². The van der Waals surface area contributed by atoms with Gasteiger partial charge in [-0.15, -0.1) is 5.10 Å². The fourth-order valence-corrected chi connectivity index (χ4v) is 3.86. The smallest absolute Gasteiger partial charge is 0.224 e. The number of carbonyl (C=O) groups excluding carboxylic acids is 1. The molecule has 0 unspecified atom stereocenters.